The number of carbonyl (C=O) groups is 4. The van der Waals surface area contributed by atoms with Gasteiger partial charge in [-0.25, -0.2) is 5.84 Å². The topological polar surface area (TPSA) is 457 Å². The number of para-hydroxylation sites is 3. The number of ketones is 1. The third-order valence-electron chi connectivity index (χ3n) is 18.2. The Morgan fingerprint density at radius 3 is 1.19 bits per heavy atom. The van der Waals surface area contributed by atoms with Crippen molar-refractivity contribution >= 4 is 67.8 Å². The average Bonchev–Trinajstić information content (AvgIpc) is 1.14. The molecule has 6 aromatic carbocycles. The van der Waals surface area contributed by atoms with Gasteiger partial charge < -0.3 is 82.7 Å². The van der Waals surface area contributed by atoms with Gasteiger partial charge in [0, 0.05) is 39.7 Å². The van der Waals surface area contributed by atoms with Crippen LogP contribution in [-0.2, 0) is 48.1 Å². The SMILES string of the molecule is CCCCc1[nH]c(=O)c(-c2nnc(Cc3noc4ccccc34)s2)c(O)c1-c1c(OC)cccc1OC.CCCCc1[nH]c(=O)c(C(=O)NCC(=O)Cc2noc3ccccc23)c(O)c1-c1c(OC)cccc1OC.CCCCc1[nH]c(=O)c(C(=O)NN)c(O)c1-c1c(OC)cccc1OC.O=C(O)Cc1noc2ccccc12. The molecule has 7 heterocycles. The molecule has 114 heavy (non-hydrogen) atoms. The maximum absolute atomic E-state index is 13.3. The fraction of sp³-hybridized carbons (Fsp3) is 0.268. The molecule has 13 rings (SSSR count). The van der Waals surface area contributed by atoms with Crippen molar-refractivity contribution in [3.05, 3.63) is 209 Å². The first-order valence-electron chi connectivity index (χ1n) is 36.1. The summed E-state index contributed by atoms with van der Waals surface area (Å²) >= 11 is 1.22. The van der Waals surface area contributed by atoms with Crippen LogP contribution in [0.5, 0.6) is 51.7 Å². The Kier molecular flexibility index (Phi) is 28.2. The minimum absolute atomic E-state index is 0.0527. The van der Waals surface area contributed by atoms with Crippen molar-refractivity contribution in [2.24, 2.45) is 5.84 Å². The molecule has 7 aromatic heterocycles. The minimum Gasteiger partial charge on any atom is -0.506 e. The summed E-state index contributed by atoms with van der Waals surface area (Å²) in [4.78, 5) is 95.1. The van der Waals surface area contributed by atoms with Crippen LogP contribution in [0.4, 0.5) is 0 Å². The van der Waals surface area contributed by atoms with Crippen LogP contribution in [-0.4, -0.2) is 134 Å². The van der Waals surface area contributed by atoms with Gasteiger partial charge in [-0.2, -0.15) is 0 Å². The Bertz CT molecular complexity index is 5730. The number of unbranched alkanes of at least 4 members (excludes halogenated alkanes) is 3. The van der Waals surface area contributed by atoms with E-state index in [-0.39, 0.29) is 47.6 Å². The lowest BCUT2D eigenvalue weighted by Crippen LogP contribution is -2.35. The van der Waals surface area contributed by atoms with E-state index < -0.39 is 57.1 Å². The fourth-order valence-corrected chi connectivity index (χ4v) is 13.6. The normalized spacial score (nSPS) is 10.9. The van der Waals surface area contributed by atoms with Crippen LogP contribution in [0.1, 0.15) is 119 Å². The van der Waals surface area contributed by atoms with Crippen LogP contribution >= 0.6 is 11.3 Å². The van der Waals surface area contributed by atoms with E-state index in [9.17, 15) is 48.9 Å². The number of benzene rings is 6. The zero-order valence-electron chi connectivity index (χ0n) is 63.9. The van der Waals surface area contributed by atoms with Crippen molar-refractivity contribution in [3.63, 3.8) is 0 Å². The van der Waals surface area contributed by atoms with Crippen molar-refractivity contribution in [3.8, 4) is 95.7 Å². The monoisotopic (exact) mass is 1580 g/mol. The summed E-state index contributed by atoms with van der Waals surface area (Å²) in [5.41, 5.74) is 6.50. The number of pyridine rings is 3. The fourth-order valence-electron chi connectivity index (χ4n) is 12.8. The number of fused-ring (bicyclic) bond motifs is 3. The molecule has 0 saturated heterocycles. The molecule has 0 aliphatic heterocycles. The zero-order chi connectivity index (χ0) is 81.7. The molecule has 0 radical (unpaired) electrons. The first-order valence-corrected chi connectivity index (χ1v) is 37.0. The number of carbonyl (C=O) groups excluding carboxylic acids is 3. The van der Waals surface area contributed by atoms with Gasteiger partial charge in [0.15, 0.2) is 27.5 Å². The minimum atomic E-state index is -0.904. The van der Waals surface area contributed by atoms with Crippen LogP contribution in [0.25, 0.3) is 76.9 Å². The van der Waals surface area contributed by atoms with Gasteiger partial charge in [-0.3, -0.25) is 39.0 Å². The summed E-state index contributed by atoms with van der Waals surface area (Å²) in [6.07, 6.45) is 6.72. The lowest BCUT2D eigenvalue weighted by molar-refractivity contribution is -0.136. The number of Topliss-reactive ketones (excluding diaryl/α,β-unsaturated/α-hetero) is 1. The third kappa shape index (κ3) is 18.5. The number of hydrogen-bond acceptors (Lipinski definition) is 26. The number of hydrogen-bond donors (Lipinski definition) is 10. The molecule has 13 aromatic rings. The Hall–Kier alpha value is -13.6. The highest BCUT2D eigenvalue weighted by atomic mass is 32.1. The zero-order valence-corrected chi connectivity index (χ0v) is 64.7. The number of carboxylic acids is 1. The van der Waals surface area contributed by atoms with E-state index in [4.69, 9.17) is 52.9 Å². The summed E-state index contributed by atoms with van der Waals surface area (Å²) in [5, 5.41) is 68.3. The van der Waals surface area contributed by atoms with Crippen LogP contribution in [0, 0.1) is 0 Å². The molecule has 0 aliphatic rings. The molecule has 0 bridgehead atoms. The number of nitrogens with two attached hydrogens (primary N) is 1. The summed E-state index contributed by atoms with van der Waals surface area (Å²) in [5.74, 6) is 3.63. The Morgan fingerprint density at radius 1 is 0.447 bits per heavy atom. The lowest BCUT2D eigenvalue weighted by Gasteiger charge is -2.19. The molecule has 594 valence electrons. The third-order valence-corrected chi connectivity index (χ3v) is 19.2. The second kappa shape index (κ2) is 38.8. The quantitative estimate of drug-likeness (QED) is 0.0118. The number of ether oxygens (including phenoxy) is 6. The van der Waals surface area contributed by atoms with E-state index >= 15 is 0 Å². The lowest BCUT2D eigenvalue weighted by atomic mass is 9.95. The number of rotatable bonds is 29. The second-order valence-corrected chi connectivity index (χ2v) is 26.6. The van der Waals surface area contributed by atoms with Crippen molar-refractivity contribution in [1.29, 1.82) is 0 Å². The van der Waals surface area contributed by atoms with Crippen molar-refractivity contribution in [2.45, 2.75) is 97.8 Å². The van der Waals surface area contributed by atoms with Gasteiger partial charge >= 0.3 is 5.97 Å². The Morgan fingerprint density at radius 2 is 0.807 bits per heavy atom. The number of aromatic amines is 3. The largest absolute Gasteiger partial charge is 0.506 e. The van der Waals surface area contributed by atoms with Crippen molar-refractivity contribution < 1.29 is 81.6 Å². The molecular weight excluding hydrogens is 1490 g/mol. The Balaban J connectivity index is 0.000000170. The van der Waals surface area contributed by atoms with Crippen LogP contribution < -0.4 is 61.7 Å². The van der Waals surface area contributed by atoms with Gasteiger partial charge in [0.25, 0.3) is 28.5 Å². The summed E-state index contributed by atoms with van der Waals surface area (Å²) in [6, 6.07) is 37.6. The molecule has 0 unspecified atom stereocenters. The number of nitrogens with zero attached hydrogens (tertiary/aromatic N) is 5. The molecule has 0 saturated carbocycles. The summed E-state index contributed by atoms with van der Waals surface area (Å²) in [7, 11) is 9.03. The number of aliphatic carboxylic acids is 1. The van der Waals surface area contributed by atoms with Crippen molar-refractivity contribution in [1.82, 2.24) is 51.4 Å². The second-order valence-electron chi connectivity index (χ2n) is 25.5. The molecule has 31 nitrogen and oxygen atoms in total. The first kappa shape index (κ1) is 82.9. The number of nitrogen functional groups attached to an aromatic ring is 1. The highest BCUT2D eigenvalue weighted by molar-refractivity contribution is 7.14. The molecule has 11 N–H and O–H groups in total. The molecule has 2 amide bonds. The number of aryl methyl sites for hydroxylation is 3. The molecule has 32 heteroatoms. The maximum Gasteiger partial charge on any atom is 0.309 e. The van der Waals surface area contributed by atoms with Gasteiger partial charge in [0.1, 0.15) is 79.1 Å². The van der Waals surface area contributed by atoms with Gasteiger partial charge in [0.05, 0.1) is 107 Å². The predicted molar refractivity (Wildman–Crippen MR) is 425 cm³/mol. The van der Waals surface area contributed by atoms with Crippen molar-refractivity contribution in [2.75, 3.05) is 49.2 Å². The van der Waals surface area contributed by atoms with Crippen LogP contribution in [0.3, 0.4) is 0 Å². The van der Waals surface area contributed by atoms with Crippen LogP contribution in [0.15, 0.2) is 155 Å². The van der Waals surface area contributed by atoms with E-state index in [1.165, 1.54) is 39.8 Å². The number of carboxylic acid groups (broad SMARTS) is 1. The number of H-pyrrole nitrogens is 3. The van der Waals surface area contributed by atoms with Crippen LogP contribution in [0.2, 0.25) is 0 Å². The molecular formula is C82H85N11O20S. The van der Waals surface area contributed by atoms with Gasteiger partial charge in [-0.1, -0.05) is 121 Å². The smallest absolute Gasteiger partial charge is 0.309 e. The highest BCUT2D eigenvalue weighted by Crippen LogP contribution is 2.49. The number of aromatic hydroxyl groups is 3. The van der Waals surface area contributed by atoms with Gasteiger partial charge in [-0.05, 0) is 111 Å². The van der Waals surface area contributed by atoms with Gasteiger partial charge in [0.2, 0.25) is 0 Å². The average molecular weight is 1580 g/mol. The van der Waals surface area contributed by atoms with Gasteiger partial charge in [-0.15, -0.1) is 10.2 Å². The first-order chi connectivity index (χ1) is 55.2. The number of methoxy groups -OCH3 is 6. The number of nitrogens with one attached hydrogen (secondary N) is 5. The highest BCUT2D eigenvalue weighted by Gasteiger charge is 2.32. The maximum atomic E-state index is 13.3. The predicted octanol–water partition coefficient (Wildman–Crippen LogP) is 12.3. The number of aromatic nitrogens is 8. The molecule has 0 aliphatic carbocycles. The summed E-state index contributed by atoms with van der Waals surface area (Å²) < 4.78 is 48.6. The van der Waals surface area contributed by atoms with E-state index in [2.05, 4.69) is 52.9 Å². The number of hydrazine groups is 1. The number of amides is 2. The molecule has 0 spiro atoms. The summed E-state index contributed by atoms with van der Waals surface area (Å²) in [6.45, 7) is 5.71. The van der Waals surface area contributed by atoms with E-state index in [1.807, 2.05) is 61.7 Å². The molecule has 0 fully saturated rings. The standard InChI is InChI=1S/C28H29N3O7.C27H26N4O5S.C18H23N3O5.C9H7NO3/c1-4-5-10-18-23(24-21(36-2)12-8-13-22(24)37-3)26(33)25(28(35)30-18)27(34)29-15-16(32)14-19-17-9-6-7-11-20(17)38-31-19;1-4-5-10-16-22(23-19(34-2)12-8-13-20(23)35-3)25(32)24(26(33)28-16)27-30-29-21(37-27)14-17-15-9-6-7-11-18(15)36-31-17;1-4-5-7-10-13(14-11(25-2)8-6-9-12(14)26-3)16(22)15(17(23)20-10)18(24)21-19;11-9(12)5-7-6-3-1-2-4-8(6)13-10-7/h6-9,11-13H,4-5,10,14-15H2,1-3H3,(H,29,34)(H2,30,33,35);6-9,11-13H,4-5,10,14H2,1-3H3,(H2,28,32,33);6,8-9H,4-5,7,19H2,1-3H3,(H,21,24)(H2,20,22,23);1-4H,5H2,(H,11,12). The molecule has 0 atom stereocenters. The Labute approximate surface area is 654 Å². The van der Waals surface area contributed by atoms with E-state index in [1.54, 1.807) is 99.1 Å². The van der Waals surface area contributed by atoms with E-state index in [0.29, 0.717) is 143 Å². The van der Waals surface area contributed by atoms with E-state index in [0.717, 1.165) is 55.0 Å².